The first-order valence-corrected chi connectivity index (χ1v) is 7.82. The Bertz CT molecular complexity index is 575. The Balaban J connectivity index is 2.11. The van der Waals surface area contributed by atoms with Gasteiger partial charge in [-0.2, -0.15) is 0 Å². The van der Waals surface area contributed by atoms with Gasteiger partial charge < -0.3 is 5.32 Å². The van der Waals surface area contributed by atoms with Gasteiger partial charge in [0.15, 0.2) is 0 Å². The van der Waals surface area contributed by atoms with Crippen LogP contribution in [0.3, 0.4) is 0 Å². The summed E-state index contributed by atoms with van der Waals surface area (Å²) >= 11 is 17.8. The van der Waals surface area contributed by atoms with E-state index >= 15 is 0 Å². The summed E-state index contributed by atoms with van der Waals surface area (Å²) in [6.45, 7) is 0.650. The molecule has 0 aromatic heterocycles. The fraction of sp³-hybridized carbons (Fsp3) is 0.0769. The minimum absolute atomic E-state index is 0.650. The zero-order valence-electron chi connectivity index (χ0n) is 9.18. The molecule has 94 valence electrons. The first kappa shape index (κ1) is 14.4. The first-order chi connectivity index (χ1) is 8.56. The van der Waals surface area contributed by atoms with E-state index in [1.54, 1.807) is 6.07 Å². The lowest BCUT2D eigenvalue weighted by molar-refractivity contribution is 1.15. The third-order valence-electron chi connectivity index (χ3n) is 2.41. The van der Waals surface area contributed by atoms with Gasteiger partial charge in [0.1, 0.15) is 0 Å². The van der Waals surface area contributed by atoms with Crippen LogP contribution in [0.5, 0.6) is 0 Å². The molecule has 0 heterocycles. The van der Waals surface area contributed by atoms with Crippen LogP contribution >= 0.6 is 61.7 Å². The van der Waals surface area contributed by atoms with Crippen LogP contribution in [0, 0.1) is 3.57 Å². The minimum Gasteiger partial charge on any atom is -0.381 e. The summed E-state index contributed by atoms with van der Waals surface area (Å²) in [7, 11) is 0. The smallest absolute Gasteiger partial charge is 0.0456 e. The van der Waals surface area contributed by atoms with Gasteiger partial charge >= 0.3 is 0 Å². The highest BCUT2D eigenvalue weighted by molar-refractivity contribution is 14.1. The summed E-state index contributed by atoms with van der Waals surface area (Å²) < 4.78 is 2.25. The lowest BCUT2D eigenvalue weighted by Gasteiger charge is -2.09. The number of hydrogen-bond acceptors (Lipinski definition) is 1. The molecule has 1 N–H and O–H groups in total. The van der Waals surface area contributed by atoms with Crippen molar-refractivity contribution < 1.29 is 0 Å². The van der Waals surface area contributed by atoms with Crippen molar-refractivity contribution in [2.45, 2.75) is 6.54 Å². The molecule has 0 bridgehead atoms. The quantitative estimate of drug-likeness (QED) is 0.561. The van der Waals surface area contributed by atoms with Gasteiger partial charge in [0.2, 0.25) is 0 Å². The van der Waals surface area contributed by atoms with Gasteiger partial charge in [0.05, 0.1) is 0 Å². The summed E-state index contributed by atoms with van der Waals surface area (Å²) in [6.07, 6.45) is 0. The van der Waals surface area contributed by atoms with Crippen molar-refractivity contribution in [1.82, 2.24) is 0 Å². The second kappa shape index (κ2) is 6.46. The minimum atomic E-state index is 0.650. The van der Waals surface area contributed by atoms with Crippen LogP contribution in [0.4, 0.5) is 5.69 Å². The summed E-state index contributed by atoms with van der Waals surface area (Å²) in [5.74, 6) is 0. The molecule has 0 unspecified atom stereocenters. The molecule has 2 aromatic rings. The summed E-state index contributed by atoms with van der Waals surface area (Å²) in [5, 5.41) is 4.75. The van der Waals surface area contributed by atoms with Gasteiger partial charge in [0, 0.05) is 30.3 Å². The van der Waals surface area contributed by atoms with Crippen molar-refractivity contribution in [2.24, 2.45) is 0 Å². The Morgan fingerprint density at radius 2 is 1.89 bits per heavy atom. The molecular formula is C13H9BrCl2IN. The van der Waals surface area contributed by atoms with Crippen LogP contribution in [0.1, 0.15) is 5.56 Å². The maximum Gasteiger partial charge on any atom is 0.0456 e. The van der Waals surface area contributed by atoms with Crippen molar-refractivity contribution in [3.8, 4) is 0 Å². The Labute approximate surface area is 138 Å². The molecule has 0 aliphatic rings. The molecule has 0 aliphatic carbocycles. The van der Waals surface area contributed by atoms with Crippen molar-refractivity contribution in [1.29, 1.82) is 0 Å². The second-order valence-corrected chi connectivity index (χ2v) is 6.58. The Morgan fingerprint density at radius 3 is 2.61 bits per heavy atom. The third-order valence-corrected chi connectivity index (χ3v) is 5.34. The van der Waals surface area contributed by atoms with Gasteiger partial charge in [-0.15, -0.1) is 0 Å². The van der Waals surface area contributed by atoms with Gasteiger partial charge in [-0.1, -0.05) is 23.2 Å². The molecule has 2 aromatic carbocycles. The molecule has 2 rings (SSSR count). The van der Waals surface area contributed by atoms with E-state index < -0.39 is 0 Å². The highest BCUT2D eigenvalue weighted by Crippen LogP contribution is 2.25. The molecular weight excluding hydrogens is 448 g/mol. The summed E-state index contributed by atoms with van der Waals surface area (Å²) in [5.41, 5.74) is 2.04. The maximum atomic E-state index is 6.11. The van der Waals surface area contributed by atoms with Crippen LogP contribution in [-0.2, 0) is 6.54 Å². The first-order valence-electron chi connectivity index (χ1n) is 5.19. The molecule has 1 nitrogen and oxygen atoms in total. The van der Waals surface area contributed by atoms with Crippen LogP contribution in [0.25, 0.3) is 0 Å². The fourth-order valence-electron chi connectivity index (χ4n) is 1.48. The second-order valence-electron chi connectivity index (χ2n) is 3.72. The molecule has 5 heteroatoms. The van der Waals surface area contributed by atoms with E-state index in [0.29, 0.717) is 11.6 Å². The SMILES string of the molecule is Clc1ccc(Cl)c(CNc2ccc(Br)c(I)c2)c1. The van der Waals surface area contributed by atoms with Crippen LogP contribution < -0.4 is 5.32 Å². The van der Waals surface area contributed by atoms with E-state index in [1.165, 1.54) is 0 Å². The molecule has 0 fully saturated rings. The monoisotopic (exact) mass is 455 g/mol. The number of anilines is 1. The lowest BCUT2D eigenvalue weighted by Crippen LogP contribution is -2.00. The van der Waals surface area contributed by atoms with Crippen molar-refractivity contribution in [3.63, 3.8) is 0 Å². The molecule has 0 saturated carbocycles. The van der Waals surface area contributed by atoms with Crippen molar-refractivity contribution >= 4 is 67.4 Å². The van der Waals surface area contributed by atoms with Crippen LogP contribution in [-0.4, -0.2) is 0 Å². The molecule has 0 amide bonds. The van der Waals surface area contributed by atoms with Crippen LogP contribution in [0.2, 0.25) is 10.0 Å². The number of hydrogen-bond donors (Lipinski definition) is 1. The predicted octanol–water partition coefficient (Wildman–Crippen LogP) is 5.97. The fourth-order valence-corrected chi connectivity index (χ4v) is 2.62. The standard InChI is InChI=1S/C13H9BrCl2IN/c14-11-3-2-10(6-13(11)17)18-7-8-5-9(15)1-4-12(8)16/h1-6,18H,7H2. The van der Waals surface area contributed by atoms with Crippen molar-refractivity contribution in [2.75, 3.05) is 5.32 Å². The molecule has 0 aliphatic heterocycles. The number of benzene rings is 2. The molecule has 0 radical (unpaired) electrons. The largest absolute Gasteiger partial charge is 0.381 e. The highest BCUT2D eigenvalue weighted by atomic mass is 127. The predicted molar refractivity (Wildman–Crippen MR) is 90.6 cm³/mol. The number of halogens is 4. The number of rotatable bonds is 3. The number of nitrogens with one attached hydrogen (secondary N) is 1. The van der Waals surface area contributed by atoms with Gasteiger partial charge in [-0.3, -0.25) is 0 Å². The normalized spacial score (nSPS) is 10.4. The molecule has 18 heavy (non-hydrogen) atoms. The maximum absolute atomic E-state index is 6.11. The molecule has 0 saturated heterocycles. The average molecular weight is 457 g/mol. The van der Waals surface area contributed by atoms with Gasteiger partial charge in [-0.05, 0) is 80.5 Å². The topological polar surface area (TPSA) is 12.0 Å². The summed E-state index contributed by atoms with van der Waals surface area (Å²) in [6, 6.07) is 11.6. The molecule has 0 atom stereocenters. The zero-order chi connectivity index (χ0) is 13.1. The van der Waals surface area contributed by atoms with E-state index in [9.17, 15) is 0 Å². The third kappa shape index (κ3) is 3.76. The Hall–Kier alpha value is 0.0300. The zero-order valence-corrected chi connectivity index (χ0v) is 14.4. The van der Waals surface area contributed by atoms with E-state index in [1.807, 2.05) is 24.3 Å². The van der Waals surface area contributed by atoms with Crippen molar-refractivity contribution in [3.05, 3.63) is 60.0 Å². The van der Waals surface area contributed by atoms with Gasteiger partial charge in [0.25, 0.3) is 0 Å². The van der Waals surface area contributed by atoms with E-state index in [2.05, 4.69) is 49.9 Å². The van der Waals surface area contributed by atoms with Crippen LogP contribution in [0.15, 0.2) is 40.9 Å². The summed E-state index contributed by atoms with van der Waals surface area (Å²) in [4.78, 5) is 0. The Morgan fingerprint density at radius 1 is 1.11 bits per heavy atom. The highest BCUT2D eigenvalue weighted by Gasteiger charge is 2.02. The van der Waals surface area contributed by atoms with E-state index in [0.717, 1.165) is 24.3 Å². The average Bonchev–Trinajstić information content (AvgIpc) is 2.34. The van der Waals surface area contributed by atoms with Gasteiger partial charge in [-0.25, -0.2) is 0 Å². The van der Waals surface area contributed by atoms with E-state index in [4.69, 9.17) is 23.2 Å². The Kier molecular flexibility index (Phi) is 5.18. The van der Waals surface area contributed by atoms with E-state index in [-0.39, 0.29) is 0 Å². The lowest BCUT2D eigenvalue weighted by atomic mass is 10.2. The molecule has 0 spiro atoms.